The van der Waals surface area contributed by atoms with Crippen molar-refractivity contribution in [2.75, 3.05) is 5.32 Å². The molecule has 0 atom stereocenters. The van der Waals surface area contributed by atoms with E-state index >= 15 is 0 Å². The van der Waals surface area contributed by atoms with Crippen LogP contribution >= 0.6 is 23.2 Å². The highest BCUT2D eigenvalue weighted by molar-refractivity contribution is 6.36. The minimum absolute atomic E-state index is 0.128. The molecule has 0 fully saturated rings. The quantitative estimate of drug-likeness (QED) is 0.223. The van der Waals surface area contributed by atoms with Crippen LogP contribution in [0.2, 0.25) is 10.0 Å². The number of carbonyl (C=O) groups is 1. The molecule has 0 aliphatic carbocycles. The molecule has 0 radical (unpaired) electrons. The molecular formula is C21H12Cl2N4O4. The van der Waals surface area contributed by atoms with Gasteiger partial charge < -0.3 is 10.1 Å². The number of ether oxygens (including phenoxy) is 1. The summed E-state index contributed by atoms with van der Waals surface area (Å²) >= 11 is 11.9. The summed E-state index contributed by atoms with van der Waals surface area (Å²) in [6.45, 7) is 0. The zero-order valence-corrected chi connectivity index (χ0v) is 17.1. The van der Waals surface area contributed by atoms with Gasteiger partial charge in [0, 0.05) is 17.2 Å². The second-order valence-corrected chi connectivity index (χ2v) is 6.87. The van der Waals surface area contributed by atoms with Crippen molar-refractivity contribution in [3.05, 3.63) is 92.1 Å². The molecule has 154 valence electrons. The van der Waals surface area contributed by atoms with Crippen LogP contribution in [0, 0.1) is 21.4 Å². The van der Waals surface area contributed by atoms with Gasteiger partial charge in [0.1, 0.15) is 23.6 Å². The molecule has 1 N–H and O–H groups in total. The Labute approximate surface area is 186 Å². The van der Waals surface area contributed by atoms with Gasteiger partial charge in [0.05, 0.1) is 15.6 Å². The maximum Gasteiger partial charge on any atom is 0.287 e. The Morgan fingerprint density at radius 2 is 1.90 bits per heavy atom. The van der Waals surface area contributed by atoms with Gasteiger partial charge in [-0.05, 0) is 42.0 Å². The summed E-state index contributed by atoms with van der Waals surface area (Å²) in [6, 6.07) is 15.6. The average molecular weight is 455 g/mol. The predicted octanol–water partition coefficient (Wildman–Crippen LogP) is 5.63. The molecule has 0 aliphatic rings. The number of amides is 1. The van der Waals surface area contributed by atoms with Gasteiger partial charge in [0.2, 0.25) is 5.88 Å². The van der Waals surface area contributed by atoms with E-state index in [1.807, 2.05) is 6.07 Å². The molecule has 0 unspecified atom stereocenters. The van der Waals surface area contributed by atoms with Crippen LogP contribution in [0.15, 0.2) is 66.4 Å². The number of nitrogens with zero attached hydrogens (tertiary/aromatic N) is 3. The van der Waals surface area contributed by atoms with Crippen LogP contribution in [0.25, 0.3) is 6.08 Å². The van der Waals surface area contributed by atoms with E-state index in [0.29, 0.717) is 22.0 Å². The number of nitriles is 1. The minimum atomic E-state index is -0.623. The molecular weight excluding hydrogens is 443 g/mol. The minimum Gasteiger partial charge on any atom is -0.439 e. The normalized spacial score (nSPS) is 10.8. The monoisotopic (exact) mass is 454 g/mol. The Hall–Kier alpha value is -3.93. The van der Waals surface area contributed by atoms with Crippen LogP contribution in [-0.4, -0.2) is 15.8 Å². The third-order valence-electron chi connectivity index (χ3n) is 3.89. The van der Waals surface area contributed by atoms with Gasteiger partial charge in [-0.2, -0.15) is 5.26 Å². The molecule has 0 spiro atoms. The number of pyridine rings is 1. The fraction of sp³-hybridized carbons (Fsp3) is 0. The van der Waals surface area contributed by atoms with Crippen molar-refractivity contribution in [3.8, 4) is 17.7 Å². The summed E-state index contributed by atoms with van der Waals surface area (Å²) in [5.41, 5.74) is 0.640. The lowest BCUT2D eigenvalue weighted by molar-refractivity contribution is -0.385. The first-order chi connectivity index (χ1) is 14.9. The van der Waals surface area contributed by atoms with E-state index in [1.54, 1.807) is 30.3 Å². The third-order valence-corrected chi connectivity index (χ3v) is 4.44. The van der Waals surface area contributed by atoms with Gasteiger partial charge in [0.25, 0.3) is 11.6 Å². The average Bonchev–Trinajstić information content (AvgIpc) is 2.75. The first-order valence-corrected chi connectivity index (χ1v) is 9.38. The predicted molar refractivity (Wildman–Crippen MR) is 116 cm³/mol. The summed E-state index contributed by atoms with van der Waals surface area (Å²) in [5, 5.41) is 23.2. The molecule has 8 nitrogen and oxygen atoms in total. The fourth-order valence-corrected chi connectivity index (χ4v) is 2.85. The van der Waals surface area contributed by atoms with Crippen LogP contribution in [0.3, 0.4) is 0 Å². The maximum absolute atomic E-state index is 12.4. The highest BCUT2D eigenvalue weighted by Gasteiger charge is 2.12. The van der Waals surface area contributed by atoms with Crippen molar-refractivity contribution in [2.24, 2.45) is 0 Å². The SMILES string of the molecule is N#C/C(=C/c1ccc(Oc2ccc([N+](=O)[O-])cn2)cc1)C(=O)Nc1ccc(Cl)cc1Cl. The van der Waals surface area contributed by atoms with Gasteiger partial charge in [-0.3, -0.25) is 14.9 Å². The van der Waals surface area contributed by atoms with Gasteiger partial charge in [0.15, 0.2) is 0 Å². The van der Waals surface area contributed by atoms with Crippen molar-refractivity contribution >= 4 is 46.6 Å². The highest BCUT2D eigenvalue weighted by atomic mass is 35.5. The molecule has 1 amide bonds. The molecule has 31 heavy (non-hydrogen) atoms. The number of aromatic nitrogens is 1. The first kappa shape index (κ1) is 21.8. The molecule has 0 bridgehead atoms. The summed E-state index contributed by atoms with van der Waals surface area (Å²) in [6.07, 6.45) is 2.50. The number of rotatable bonds is 6. The lowest BCUT2D eigenvalue weighted by atomic mass is 10.1. The van der Waals surface area contributed by atoms with E-state index < -0.39 is 10.8 Å². The Morgan fingerprint density at radius 1 is 1.16 bits per heavy atom. The van der Waals surface area contributed by atoms with Gasteiger partial charge in [-0.15, -0.1) is 0 Å². The van der Waals surface area contributed by atoms with E-state index in [1.165, 1.54) is 30.3 Å². The zero-order chi connectivity index (χ0) is 22.4. The number of nitro groups is 1. The molecule has 1 aromatic heterocycles. The van der Waals surface area contributed by atoms with Gasteiger partial charge >= 0.3 is 0 Å². The standard InChI is InChI=1S/C21H12Cl2N4O4/c22-15-3-7-19(18(23)10-15)26-21(28)14(11-24)9-13-1-5-17(6-2-13)31-20-8-4-16(12-25-20)27(29)30/h1-10,12H,(H,26,28)/b14-9-. The number of hydrogen-bond acceptors (Lipinski definition) is 6. The molecule has 10 heteroatoms. The fourth-order valence-electron chi connectivity index (χ4n) is 2.39. The van der Waals surface area contributed by atoms with Crippen LogP contribution < -0.4 is 10.1 Å². The lowest BCUT2D eigenvalue weighted by Gasteiger charge is -2.07. The number of halogens is 2. The number of nitrogens with one attached hydrogen (secondary N) is 1. The Balaban J connectivity index is 1.70. The van der Waals surface area contributed by atoms with E-state index in [-0.39, 0.29) is 22.2 Å². The van der Waals surface area contributed by atoms with Gasteiger partial charge in [-0.25, -0.2) is 4.98 Å². The van der Waals surface area contributed by atoms with Crippen LogP contribution in [0.1, 0.15) is 5.56 Å². The second-order valence-electron chi connectivity index (χ2n) is 6.03. The number of carbonyl (C=O) groups excluding carboxylic acids is 1. The van der Waals surface area contributed by atoms with Gasteiger partial charge in [-0.1, -0.05) is 35.3 Å². The van der Waals surface area contributed by atoms with Crippen molar-refractivity contribution in [1.29, 1.82) is 5.26 Å². The topological polar surface area (TPSA) is 118 Å². The Bertz CT molecular complexity index is 1200. The molecule has 0 aliphatic heterocycles. The second kappa shape index (κ2) is 9.71. The highest BCUT2D eigenvalue weighted by Crippen LogP contribution is 2.26. The number of benzene rings is 2. The smallest absolute Gasteiger partial charge is 0.287 e. The summed E-state index contributed by atoms with van der Waals surface area (Å²) in [5.74, 6) is -0.0117. The molecule has 2 aromatic carbocycles. The Kier molecular flexibility index (Phi) is 6.82. The number of hydrogen-bond donors (Lipinski definition) is 1. The van der Waals surface area contributed by atoms with Crippen molar-refractivity contribution < 1.29 is 14.5 Å². The van der Waals surface area contributed by atoms with E-state index in [9.17, 15) is 20.2 Å². The zero-order valence-electron chi connectivity index (χ0n) is 15.6. The van der Waals surface area contributed by atoms with Crippen molar-refractivity contribution in [1.82, 2.24) is 4.98 Å². The van der Waals surface area contributed by atoms with E-state index in [4.69, 9.17) is 27.9 Å². The van der Waals surface area contributed by atoms with Crippen molar-refractivity contribution in [2.45, 2.75) is 0 Å². The molecule has 0 saturated carbocycles. The largest absolute Gasteiger partial charge is 0.439 e. The third kappa shape index (κ3) is 5.79. The van der Waals surface area contributed by atoms with Crippen molar-refractivity contribution in [3.63, 3.8) is 0 Å². The van der Waals surface area contributed by atoms with Crippen LogP contribution in [-0.2, 0) is 4.79 Å². The summed E-state index contributed by atoms with van der Waals surface area (Å²) in [4.78, 5) is 26.4. The molecule has 3 aromatic rings. The summed E-state index contributed by atoms with van der Waals surface area (Å²) in [7, 11) is 0. The maximum atomic E-state index is 12.4. The van der Waals surface area contributed by atoms with E-state index in [0.717, 1.165) is 6.20 Å². The molecule has 3 rings (SSSR count). The van der Waals surface area contributed by atoms with E-state index in [2.05, 4.69) is 10.3 Å². The molecule has 0 saturated heterocycles. The Morgan fingerprint density at radius 3 is 2.48 bits per heavy atom. The van der Waals surface area contributed by atoms with Crippen LogP contribution in [0.5, 0.6) is 11.6 Å². The van der Waals surface area contributed by atoms with Crippen LogP contribution in [0.4, 0.5) is 11.4 Å². The first-order valence-electron chi connectivity index (χ1n) is 8.62. The summed E-state index contributed by atoms with van der Waals surface area (Å²) < 4.78 is 5.52. The lowest BCUT2D eigenvalue weighted by Crippen LogP contribution is -2.13. The molecule has 1 heterocycles. The number of anilines is 1.